The normalized spacial score (nSPS) is 18.5. The summed E-state index contributed by atoms with van der Waals surface area (Å²) in [7, 11) is 7.42. The highest BCUT2D eigenvalue weighted by atomic mass is 35.7. The van der Waals surface area contributed by atoms with Crippen LogP contribution in [0.15, 0.2) is 69.6 Å². The zero-order valence-electron chi connectivity index (χ0n) is 16.4. The molecule has 2 aromatic rings. The zero-order chi connectivity index (χ0) is 20.3. The molecule has 0 radical (unpaired) electrons. The van der Waals surface area contributed by atoms with Crippen molar-refractivity contribution in [1.82, 2.24) is 9.80 Å². The molecule has 1 aliphatic rings. The molecular formula is C20H23ClN5OP. The molecule has 3 rings (SSSR count). The van der Waals surface area contributed by atoms with Gasteiger partial charge in [0.1, 0.15) is 5.75 Å². The summed E-state index contributed by atoms with van der Waals surface area (Å²) in [6, 6.07) is 15.9. The highest BCUT2D eigenvalue weighted by Crippen LogP contribution is 2.58. The molecule has 0 aliphatic carbocycles. The van der Waals surface area contributed by atoms with Gasteiger partial charge < -0.3 is 14.3 Å². The third kappa shape index (κ3) is 4.64. The highest BCUT2D eigenvalue weighted by Gasteiger charge is 2.26. The van der Waals surface area contributed by atoms with E-state index < -0.39 is 6.78 Å². The molecule has 1 atom stereocenters. The maximum Gasteiger partial charge on any atom is 0.352 e. The Labute approximate surface area is 170 Å². The molecule has 146 valence electrons. The third-order valence-corrected chi connectivity index (χ3v) is 5.94. The van der Waals surface area contributed by atoms with Crippen molar-refractivity contribution >= 4 is 36.0 Å². The molecular weight excluding hydrogens is 393 g/mol. The summed E-state index contributed by atoms with van der Waals surface area (Å²) < 4.78 is 14.9. The van der Waals surface area contributed by atoms with Crippen LogP contribution in [-0.2, 0) is 0 Å². The Balaban J connectivity index is 1.86. The molecule has 28 heavy (non-hydrogen) atoms. The van der Waals surface area contributed by atoms with Crippen molar-refractivity contribution in [1.29, 1.82) is 0 Å². The Morgan fingerprint density at radius 3 is 1.93 bits per heavy atom. The minimum absolute atomic E-state index is 0.487. The Hall–Kier alpha value is -2.56. The number of halogens is 1. The van der Waals surface area contributed by atoms with E-state index >= 15 is 0 Å². The summed E-state index contributed by atoms with van der Waals surface area (Å²) in [5.41, 5.74) is 3.28. The molecule has 8 heteroatoms. The van der Waals surface area contributed by atoms with Gasteiger partial charge in [-0.1, -0.05) is 49.1 Å². The quantitative estimate of drug-likeness (QED) is 0.627. The lowest BCUT2D eigenvalue weighted by atomic mass is 10.0. The van der Waals surface area contributed by atoms with Crippen LogP contribution in [0.3, 0.4) is 0 Å². The summed E-state index contributed by atoms with van der Waals surface area (Å²) in [6.07, 6.45) is 1.83. The fourth-order valence-corrected chi connectivity index (χ4v) is 4.50. The van der Waals surface area contributed by atoms with Crippen molar-refractivity contribution < 1.29 is 4.52 Å². The molecule has 0 N–H and O–H groups in total. The fourth-order valence-electron chi connectivity index (χ4n) is 2.45. The Kier molecular flexibility index (Phi) is 5.92. The number of benzene rings is 2. The first-order chi connectivity index (χ1) is 13.3. The molecule has 0 saturated heterocycles. The van der Waals surface area contributed by atoms with Crippen LogP contribution < -0.4 is 4.52 Å². The SMILES string of the molecule is C=Cc1ccc(-c2ccc(OP3(Cl)=NC(N(C)C)=NC(N(C)C)=N3)cc2)cc1. The molecule has 2 aromatic carbocycles. The molecule has 0 spiro atoms. The van der Waals surface area contributed by atoms with Gasteiger partial charge in [0.15, 0.2) is 0 Å². The van der Waals surface area contributed by atoms with Gasteiger partial charge >= 0.3 is 6.78 Å². The molecule has 6 nitrogen and oxygen atoms in total. The van der Waals surface area contributed by atoms with Crippen molar-refractivity contribution in [3.8, 4) is 16.9 Å². The fraction of sp³-hybridized carbons (Fsp3) is 0.200. The van der Waals surface area contributed by atoms with E-state index in [1.54, 1.807) is 9.80 Å². The second-order valence-electron chi connectivity index (χ2n) is 6.62. The van der Waals surface area contributed by atoms with Crippen molar-refractivity contribution in [2.75, 3.05) is 28.2 Å². The largest absolute Gasteiger partial charge is 0.431 e. The summed E-state index contributed by atoms with van der Waals surface area (Å²) in [6.45, 7) is 0.836. The molecule has 0 amide bonds. The van der Waals surface area contributed by atoms with Crippen molar-refractivity contribution in [3.05, 3.63) is 60.7 Å². The van der Waals surface area contributed by atoms with Crippen LogP contribution in [-0.4, -0.2) is 49.9 Å². The van der Waals surface area contributed by atoms with E-state index in [9.17, 15) is 0 Å². The van der Waals surface area contributed by atoms with Gasteiger partial charge in [-0.05, 0) is 40.1 Å². The van der Waals surface area contributed by atoms with Crippen LogP contribution in [0.25, 0.3) is 17.2 Å². The van der Waals surface area contributed by atoms with E-state index in [0.29, 0.717) is 17.7 Å². The van der Waals surface area contributed by atoms with Gasteiger partial charge in [0.2, 0.25) is 11.9 Å². The van der Waals surface area contributed by atoms with Crippen LogP contribution >= 0.6 is 18.0 Å². The molecule has 1 unspecified atom stereocenters. The molecule has 1 heterocycles. The average molecular weight is 416 g/mol. The monoisotopic (exact) mass is 415 g/mol. The van der Waals surface area contributed by atoms with Gasteiger partial charge in [-0.15, -0.1) is 0 Å². The summed E-state index contributed by atoms with van der Waals surface area (Å²) in [5.74, 6) is 1.59. The standard InChI is InChI=1S/C20H23ClN5OP/c1-6-15-7-9-16(10-8-15)17-11-13-18(14-12-17)27-28(21)23-19(25(2)3)22-20(24-28)26(4)5/h6-14H,1H2,2-5H3. The van der Waals surface area contributed by atoms with Crippen molar-refractivity contribution in [2.45, 2.75) is 0 Å². The van der Waals surface area contributed by atoms with E-state index in [1.165, 1.54) is 0 Å². The first-order valence-electron chi connectivity index (χ1n) is 8.68. The van der Waals surface area contributed by atoms with Crippen LogP contribution in [0.1, 0.15) is 5.56 Å². The lowest BCUT2D eigenvalue weighted by Gasteiger charge is -2.24. The van der Waals surface area contributed by atoms with Gasteiger partial charge in [0.05, 0.1) is 0 Å². The third-order valence-electron chi connectivity index (χ3n) is 3.98. The molecule has 1 aliphatic heterocycles. The number of aliphatic imine (C=N–C) groups is 1. The van der Waals surface area contributed by atoms with Crippen LogP contribution in [0.2, 0.25) is 0 Å². The predicted molar refractivity (Wildman–Crippen MR) is 120 cm³/mol. The van der Waals surface area contributed by atoms with E-state index in [-0.39, 0.29) is 0 Å². The topological polar surface area (TPSA) is 52.8 Å². The predicted octanol–water partition coefficient (Wildman–Crippen LogP) is 5.41. The number of hydrogen-bond acceptors (Lipinski definition) is 6. The van der Waals surface area contributed by atoms with E-state index in [1.807, 2.05) is 70.7 Å². The Morgan fingerprint density at radius 2 is 1.43 bits per heavy atom. The zero-order valence-corrected chi connectivity index (χ0v) is 18.0. The minimum atomic E-state index is -2.94. The maximum absolute atomic E-state index is 6.67. The number of hydrogen-bond donors (Lipinski definition) is 0. The van der Waals surface area contributed by atoms with Gasteiger partial charge in [-0.2, -0.15) is 14.5 Å². The Bertz CT molecular complexity index is 970. The molecule has 0 saturated carbocycles. The first kappa shape index (κ1) is 20.2. The highest BCUT2D eigenvalue weighted by molar-refractivity contribution is 7.87. The molecule has 0 bridgehead atoms. The summed E-state index contributed by atoms with van der Waals surface area (Å²) >= 11 is 6.67. The number of guanidine groups is 2. The van der Waals surface area contributed by atoms with Crippen LogP contribution in [0.4, 0.5) is 0 Å². The minimum Gasteiger partial charge on any atom is -0.431 e. The van der Waals surface area contributed by atoms with Crippen molar-refractivity contribution in [3.63, 3.8) is 0 Å². The number of rotatable bonds is 4. The van der Waals surface area contributed by atoms with Gasteiger partial charge in [0.25, 0.3) is 0 Å². The van der Waals surface area contributed by atoms with Gasteiger partial charge in [-0.3, -0.25) is 0 Å². The lowest BCUT2D eigenvalue weighted by Crippen LogP contribution is -2.28. The van der Waals surface area contributed by atoms with E-state index in [4.69, 9.17) is 15.8 Å². The molecule has 0 fully saturated rings. The molecule has 0 aromatic heterocycles. The van der Waals surface area contributed by atoms with Crippen LogP contribution in [0.5, 0.6) is 5.75 Å². The smallest absolute Gasteiger partial charge is 0.352 e. The van der Waals surface area contributed by atoms with Gasteiger partial charge in [-0.25, -0.2) is 0 Å². The first-order valence-corrected chi connectivity index (χ1v) is 11.2. The van der Waals surface area contributed by atoms with E-state index in [2.05, 4.69) is 33.2 Å². The summed E-state index contributed by atoms with van der Waals surface area (Å²) in [5, 5.41) is 0. The maximum atomic E-state index is 6.67. The van der Waals surface area contributed by atoms with E-state index in [0.717, 1.165) is 16.7 Å². The lowest BCUT2D eigenvalue weighted by molar-refractivity contribution is 0.582. The Morgan fingerprint density at radius 1 is 0.893 bits per heavy atom. The summed E-state index contributed by atoms with van der Waals surface area (Å²) in [4.78, 5) is 7.97. The second-order valence-corrected chi connectivity index (χ2v) is 9.46. The van der Waals surface area contributed by atoms with Gasteiger partial charge in [0, 0.05) is 28.2 Å². The average Bonchev–Trinajstić information content (AvgIpc) is 2.68. The second kappa shape index (κ2) is 8.21. The number of nitrogens with zero attached hydrogens (tertiary/aromatic N) is 5. The van der Waals surface area contributed by atoms with Crippen molar-refractivity contribution in [2.24, 2.45) is 14.5 Å². The van der Waals surface area contributed by atoms with Crippen LogP contribution in [0, 0.1) is 0 Å².